The number of nitriles is 1. The molecule has 160 valence electrons. The molecule has 0 radical (unpaired) electrons. The number of benzene rings is 3. The van der Waals surface area contributed by atoms with Crippen molar-refractivity contribution in [2.75, 3.05) is 14.2 Å². The van der Waals surface area contributed by atoms with Crippen molar-refractivity contribution in [2.45, 2.75) is 0 Å². The molecule has 0 fully saturated rings. The van der Waals surface area contributed by atoms with Crippen LogP contribution in [-0.2, 0) is 0 Å². The van der Waals surface area contributed by atoms with Crippen LogP contribution in [0.2, 0.25) is 0 Å². The summed E-state index contributed by atoms with van der Waals surface area (Å²) in [4.78, 5) is 25.0. The lowest BCUT2D eigenvalue weighted by Gasteiger charge is -2.10. The first-order chi connectivity index (χ1) is 15.5. The van der Waals surface area contributed by atoms with Crippen molar-refractivity contribution in [3.05, 3.63) is 94.8 Å². The largest absolute Gasteiger partial charge is 0.497 e. The molecule has 32 heavy (non-hydrogen) atoms. The smallest absolute Gasteiger partial charge is 0.346 e. The fourth-order valence-electron chi connectivity index (χ4n) is 2.87. The van der Waals surface area contributed by atoms with Gasteiger partial charge in [0.05, 0.1) is 19.8 Å². The number of ether oxygens (including phenoxy) is 3. The molecule has 0 N–H and O–H groups in total. The topological polar surface area (TPSA) is 85.6 Å². The lowest BCUT2D eigenvalue weighted by molar-refractivity contribution is 0.0724. The van der Waals surface area contributed by atoms with Crippen LogP contribution in [0.25, 0.3) is 6.08 Å². The summed E-state index contributed by atoms with van der Waals surface area (Å²) in [5, 5.41) is 9.49. The summed E-state index contributed by atoms with van der Waals surface area (Å²) in [5.41, 5.74) is 0.463. The highest BCUT2D eigenvalue weighted by molar-refractivity contribution is 6.14. The van der Waals surface area contributed by atoms with Gasteiger partial charge in [-0.3, -0.25) is 4.79 Å². The maximum atomic E-state index is 13.8. The molecule has 0 spiro atoms. The van der Waals surface area contributed by atoms with Gasteiger partial charge in [0.2, 0.25) is 5.78 Å². The predicted molar refractivity (Wildman–Crippen MR) is 115 cm³/mol. The van der Waals surface area contributed by atoms with E-state index >= 15 is 0 Å². The number of Topliss-reactive ketones (excluding diaryl/α,β-unsaturated/α-hetero) is 1. The van der Waals surface area contributed by atoms with Crippen LogP contribution in [0.4, 0.5) is 4.39 Å². The third-order valence-electron chi connectivity index (χ3n) is 4.49. The van der Waals surface area contributed by atoms with Gasteiger partial charge < -0.3 is 14.2 Å². The van der Waals surface area contributed by atoms with Crippen molar-refractivity contribution in [3.63, 3.8) is 0 Å². The van der Waals surface area contributed by atoms with E-state index in [1.165, 1.54) is 50.6 Å². The monoisotopic (exact) mass is 431 g/mol. The van der Waals surface area contributed by atoms with E-state index in [-0.39, 0.29) is 22.6 Å². The second-order valence-corrected chi connectivity index (χ2v) is 6.51. The van der Waals surface area contributed by atoms with E-state index in [1.807, 2.05) is 6.07 Å². The number of rotatable bonds is 7. The van der Waals surface area contributed by atoms with E-state index in [9.17, 15) is 19.2 Å². The van der Waals surface area contributed by atoms with Crippen LogP contribution in [0.1, 0.15) is 26.3 Å². The van der Waals surface area contributed by atoms with Gasteiger partial charge >= 0.3 is 5.97 Å². The maximum absolute atomic E-state index is 13.8. The first kappa shape index (κ1) is 22.2. The van der Waals surface area contributed by atoms with E-state index in [0.29, 0.717) is 16.9 Å². The van der Waals surface area contributed by atoms with Crippen LogP contribution >= 0.6 is 0 Å². The number of carbonyl (C=O) groups excluding carboxylic acids is 2. The summed E-state index contributed by atoms with van der Waals surface area (Å²) < 4.78 is 29.5. The number of nitrogens with zero attached hydrogens (tertiary/aromatic N) is 1. The van der Waals surface area contributed by atoms with E-state index in [4.69, 9.17) is 14.2 Å². The van der Waals surface area contributed by atoms with Crippen molar-refractivity contribution in [1.29, 1.82) is 5.26 Å². The fraction of sp³-hybridized carbons (Fsp3) is 0.0800. The molecule has 0 heterocycles. The van der Waals surface area contributed by atoms with Crippen molar-refractivity contribution in [3.8, 4) is 23.3 Å². The SMILES string of the molecule is COc1cccc(C(=O)/C(C#N)=C/c2ccc(OC(=O)c3ccccc3F)c(OC)c2)c1. The van der Waals surface area contributed by atoms with Crippen molar-refractivity contribution in [2.24, 2.45) is 0 Å². The van der Waals surface area contributed by atoms with Gasteiger partial charge in [-0.25, -0.2) is 9.18 Å². The highest BCUT2D eigenvalue weighted by Gasteiger charge is 2.17. The van der Waals surface area contributed by atoms with Gasteiger partial charge in [0.25, 0.3) is 0 Å². The highest BCUT2D eigenvalue weighted by atomic mass is 19.1. The molecule has 0 saturated carbocycles. The Morgan fingerprint density at radius 2 is 1.72 bits per heavy atom. The second-order valence-electron chi connectivity index (χ2n) is 6.51. The number of hydrogen-bond donors (Lipinski definition) is 0. The van der Waals surface area contributed by atoms with E-state index in [2.05, 4.69) is 0 Å². The molecule has 0 aliphatic rings. The molecular weight excluding hydrogens is 413 g/mol. The minimum Gasteiger partial charge on any atom is -0.497 e. The highest BCUT2D eigenvalue weighted by Crippen LogP contribution is 2.30. The summed E-state index contributed by atoms with van der Waals surface area (Å²) >= 11 is 0. The van der Waals surface area contributed by atoms with Gasteiger partial charge in [0.1, 0.15) is 23.2 Å². The summed E-state index contributed by atoms with van der Waals surface area (Å²) in [6.45, 7) is 0. The molecule has 3 aromatic carbocycles. The molecule has 0 aliphatic carbocycles. The Morgan fingerprint density at radius 1 is 0.938 bits per heavy atom. The third kappa shape index (κ3) is 4.99. The summed E-state index contributed by atoms with van der Waals surface area (Å²) in [5.74, 6) is -1.32. The molecule has 0 aliphatic heterocycles. The summed E-state index contributed by atoms with van der Waals surface area (Å²) in [6, 6.07) is 18.3. The molecule has 3 rings (SSSR count). The van der Waals surface area contributed by atoms with Gasteiger partial charge in [0.15, 0.2) is 11.5 Å². The van der Waals surface area contributed by atoms with Crippen molar-refractivity contribution >= 4 is 17.8 Å². The Morgan fingerprint density at radius 3 is 2.41 bits per heavy atom. The zero-order valence-corrected chi connectivity index (χ0v) is 17.3. The standard InChI is InChI=1S/C25H18FNO5/c1-30-19-7-5-6-17(14-19)24(28)18(15-27)12-16-10-11-22(23(13-16)31-2)32-25(29)20-8-3-4-9-21(20)26/h3-14H,1-2H3/b18-12+. The summed E-state index contributed by atoms with van der Waals surface area (Å²) in [6.07, 6.45) is 1.40. The van der Waals surface area contributed by atoms with E-state index in [0.717, 1.165) is 6.07 Å². The molecule has 0 atom stereocenters. The molecule has 6 nitrogen and oxygen atoms in total. The molecule has 0 aromatic heterocycles. The van der Waals surface area contributed by atoms with E-state index < -0.39 is 17.6 Å². The minimum atomic E-state index is -0.879. The maximum Gasteiger partial charge on any atom is 0.346 e. The molecular formula is C25H18FNO5. The van der Waals surface area contributed by atoms with Gasteiger partial charge in [-0.1, -0.05) is 30.3 Å². The predicted octanol–water partition coefficient (Wildman–Crippen LogP) is 4.85. The first-order valence-electron chi connectivity index (χ1n) is 9.42. The Balaban J connectivity index is 1.87. The minimum absolute atomic E-state index is 0.0653. The fourth-order valence-corrected chi connectivity index (χ4v) is 2.87. The molecule has 0 amide bonds. The zero-order chi connectivity index (χ0) is 23.1. The van der Waals surface area contributed by atoms with Gasteiger partial charge in [-0.05, 0) is 48.0 Å². The first-order valence-corrected chi connectivity index (χ1v) is 9.42. The Kier molecular flexibility index (Phi) is 6.99. The average molecular weight is 431 g/mol. The Hall–Kier alpha value is -4.44. The zero-order valence-electron chi connectivity index (χ0n) is 17.3. The second kappa shape index (κ2) is 10.0. The van der Waals surface area contributed by atoms with Crippen molar-refractivity contribution < 1.29 is 28.2 Å². The number of esters is 1. The van der Waals surface area contributed by atoms with Crippen LogP contribution in [0, 0.1) is 17.1 Å². The van der Waals surface area contributed by atoms with Crippen LogP contribution in [0.3, 0.4) is 0 Å². The molecule has 7 heteroatoms. The molecule has 0 saturated heterocycles. The lowest BCUT2D eigenvalue weighted by atomic mass is 10.0. The van der Waals surface area contributed by atoms with Crippen LogP contribution < -0.4 is 14.2 Å². The number of methoxy groups -OCH3 is 2. The van der Waals surface area contributed by atoms with Crippen LogP contribution in [0.5, 0.6) is 17.2 Å². The molecule has 0 bridgehead atoms. The van der Waals surface area contributed by atoms with Crippen LogP contribution in [0.15, 0.2) is 72.3 Å². The molecule has 0 unspecified atom stereocenters. The number of hydrogen-bond acceptors (Lipinski definition) is 6. The van der Waals surface area contributed by atoms with Crippen molar-refractivity contribution in [1.82, 2.24) is 0 Å². The van der Waals surface area contributed by atoms with Gasteiger partial charge in [-0.15, -0.1) is 0 Å². The van der Waals surface area contributed by atoms with Gasteiger partial charge in [-0.2, -0.15) is 5.26 Å². The van der Waals surface area contributed by atoms with E-state index in [1.54, 1.807) is 30.3 Å². The number of ketones is 1. The lowest BCUT2D eigenvalue weighted by Crippen LogP contribution is -2.11. The third-order valence-corrected chi connectivity index (χ3v) is 4.49. The number of allylic oxidation sites excluding steroid dienone is 1. The molecule has 3 aromatic rings. The van der Waals surface area contributed by atoms with Gasteiger partial charge in [0, 0.05) is 5.56 Å². The Labute approximate surface area is 184 Å². The normalized spacial score (nSPS) is 10.8. The summed E-state index contributed by atoms with van der Waals surface area (Å²) in [7, 11) is 2.85. The van der Waals surface area contributed by atoms with Crippen LogP contribution in [-0.4, -0.2) is 26.0 Å². The number of halogens is 1. The Bertz CT molecular complexity index is 1240. The average Bonchev–Trinajstić information content (AvgIpc) is 2.83. The number of carbonyl (C=O) groups is 2. The quantitative estimate of drug-likeness (QED) is 0.175.